The summed E-state index contributed by atoms with van der Waals surface area (Å²) >= 11 is 0. The molecule has 0 unspecified atom stereocenters. The molecule has 13 heavy (non-hydrogen) atoms. The third-order valence-corrected chi connectivity index (χ3v) is 1.74. The lowest BCUT2D eigenvalue weighted by atomic mass is 10.2. The van der Waals surface area contributed by atoms with Crippen LogP contribution in [-0.2, 0) is 7.05 Å². The highest BCUT2D eigenvalue weighted by molar-refractivity contribution is 5.16. The minimum absolute atomic E-state index is 0.368. The summed E-state index contributed by atoms with van der Waals surface area (Å²) in [7, 11) is 1.83. The fourth-order valence-electron chi connectivity index (χ4n) is 1.07. The highest BCUT2D eigenvalue weighted by Crippen LogP contribution is 2.13. The van der Waals surface area contributed by atoms with Crippen molar-refractivity contribution < 1.29 is 4.52 Å². The summed E-state index contributed by atoms with van der Waals surface area (Å²) in [6.45, 7) is 0. The van der Waals surface area contributed by atoms with E-state index in [4.69, 9.17) is 5.73 Å². The fourth-order valence-corrected chi connectivity index (χ4v) is 1.07. The van der Waals surface area contributed by atoms with Crippen LogP contribution in [0.1, 0.15) is 17.4 Å². The Hall–Kier alpha value is -1.69. The molecule has 0 radical (unpaired) electrons. The van der Waals surface area contributed by atoms with Gasteiger partial charge < -0.3 is 10.3 Å². The van der Waals surface area contributed by atoms with Gasteiger partial charge in [-0.2, -0.15) is 10.1 Å². The quantitative estimate of drug-likeness (QED) is 0.693. The Bertz CT molecular complexity index is 379. The maximum Gasteiger partial charge on any atom is 0.213 e. The van der Waals surface area contributed by atoms with E-state index in [1.165, 1.54) is 6.39 Å². The molecule has 0 amide bonds. The Balaban J connectivity index is 2.28. The first-order valence-electron chi connectivity index (χ1n) is 3.78. The lowest BCUT2D eigenvalue weighted by Crippen LogP contribution is -2.12. The molecule has 2 aromatic rings. The van der Waals surface area contributed by atoms with Crippen molar-refractivity contribution in [2.45, 2.75) is 6.04 Å². The molecule has 2 aromatic heterocycles. The van der Waals surface area contributed by atoms with E-state index < -0.39 is 0 Å². The Morgan fingerprint density at radius 3 is 3.00 bits per heavy atom. The lowest BCUT2D eigenvalue weighted by Gasteiger charge is -2.01. The predicted molar refractivity (Wildman–Crippen MR) is 43.5 cm³/mol. The Morgan fingerprint density at radius 2 is 2.46 bits per heavy atom. The molecule has 6 nitrogen and oxygen atoms in total. The molecule has 0 saturated carbocycles. The molecule has 0 aromatic carbocycles. The summed E-state index contributed by atoms with van der Waals surface area (Å²) in [6, 6.07) is -0.368. The topological polar surface area (TPSA) is 82.8 Å². The molecule has 0 spiro atoms. The molecule has 0 aliphatic heterocycles. The highest BCUT2D eigenvalue weighted by atomic mass is 16.5. The number of hydrogen-bond acceptors (Lipinski definition) is 5. The normalized spacial score (nSPS) is 13.1. The number of nitrogens with two attached hydrogens (primary N) is 1. The summed E-state index contributed by atoms with van der Waals surface area (Å²) in [4.78, 5) is 3.86. The second-order valence-electron chi connectivity index (χ2n) is 2.71. The zero-order chi connectivity index (χ0) is 9.26. The van der Waals surface area contributed by atoms with Crippen molar-refractivity contribution in [3.05, 3.63) is 30.2 Å². The van der Waals surface area contributed by atoms with Gasteiger partial charge in [0.05, 0.1) is 12.2 Å². The number of aromatic nitrogens is 4. The average molecular weight is 179 g/mol. The summed E-state index contributed by atoms with van der Waals surface area (Å²) in [5.41, 5.74) is 6.70. The van der Waals surface area contributed by atoms with Crippen molar-refractivity contribution >= 4 is 0 Å². The first-order chi connectivity index (χ1) is 6.27. The van der Waals surface area contributed by atoms with Gasteiger partial charge in [-0.1, -0.05) is 5.16 Å². The van der Waals surface area contributed by atoms with Gasteiger partial charge in [-0.15, -0.1) is 0 Å². The van der Waals surface area contributed by atoms with Gasteiger partial charge in [-0.05, 0) is 0 Å². The Labute approximate surface area is 74.4 Å². The molecular weight excluding hydrogens is 170 g/mol. The molecular formula is C7H9N5O. The maximum absolute atomic E-state index is 5.84. The van der Waals surface area contributed by atoms with E-state index in [1.807, 2.05) is 13.2 Å². The van der Waals surface area contributed by atoms with Crippen LogP contribution in [0.15, 0.2) is 23.3 Å². The van der Waals surface area contributed by atoms with Crippen LogP contribution in [0.25, 0.3) is 0 Å². The molecule has 0 fully saturated rings. The minimum atomic E-state index is -0.368. The van der Waals surface area contributed by atoms with E-state index in [-0.39, 0.29) is 6.04 Å². The van der Waals surface area contributed by atoms with Crippen molar-refractivity contribution in [1.82, 2.24) is 19.9 Å². The van der Waals surface area contributed by atoms with Crippen molar-refractivity contribution in [3.63, 3.8) is 0 Å². The largest absolute Gasteiger partial charge is 0.343 e. The molecule has 2 heterocycles. The molecule has 6 heteroatoms. The van der Waals surface area contributed by atoms with Crippen LogP contribution in [0.3, 0.4) is 0 Å². The van der Waals surface area contributed by atoms with Gasteiger partial charge in [0.2, 0.25) is 6.39 Å². The standard InChI is InChI=1S/C7H9N5O/c1-12-3-5(2-10-12)6(8)7-9-4-13-11-7/h2-4,6H,8H2,1H3/t6-/m0/s1. The molecule has 2 rings (SSSR count). The molecule has 0 aliphatic rings. The van der Waals surface area contributed by atoms with Crippen LogP contribution in [0.5, 0.6) is 0 Å². The van der Waals surface area contributed by atoms with Gasteiger partial charge in [0.15, 0.2) is 5.82 Å². The summed E-state index contributed by atoms with van der Waals surface area (Å²) in [6.07, 6.45) is 4.76. The Kier molecular flexibility index (Phi) is 1.82. The van der Waals surface area contributed by atoms with Crippen molar-refractivity contribution in [2.75, 3.05) is 0 Å². The van der Waals surface area contributed by atoms with Crippen LogP contribution in [-0.4, -0.2) is 19.9 Å². The van der Waals surface area contributed by atoms with Crippen LogP contribution < -0.4 is 5.73 Å². The third kappa shape index (κ3) is 1.43. The minimum Gasteiger partial charge on any atom is -0.343 e. The Morgan fingerprint density at radius 1 is 1.62 bits per heavy atom. The van der Waals surface area contributed by atoms with E-state index in [0.717, 1.165) is 5.56 Å². The smallest absolute Gasteiger partial charge is 0.213 e. The average Bonchev–Trinajstić information content (AvgIpc) is 2.72. The van der Waals surface area contributed by atoms with Crippen LogP contribution in [0.4, 0.5) is 0 Å². The molecule has 1 atom stereocenters. The van der Waals surface area contributed by atoms with E-state index in [2.05, 4.69) is 19.8 Å². The zero-order valence-electron chi connectivity index (χ0n) is 7.08. The van der Waals surface area contributed by atoms with Crippen LogP contribution in [0, 0.1) is 0 Å². The van der Waals surface area contributed by atoms with E-state index in [1.54, 1.807) is 10.9 Å². The van der Waals surface area contributed by atoms with Crippen molar-refractivity contribution in [3.8, 4) is 0 Å². The predicted octanol–water partition coefficient (Wildman–Crippen LogP) is -0.149. The number of rotatable bonds is 2. The zero-order valence-corrected chi connectivity index (χ0v) is 7.08. The second kappa shape index (κ2) is 2.98. The monoisotopic (exact) mass is 179 g/mol. The van der Waals surface area contributed by atoms with Crippen LogP contribution in [0.2, 0.25) is 0 Å². The number of hydrogen-bond donors (Lipinski definition) is 1. The van der Waals surface area contributed by atoms with Gasteiger partial charge in [0, 0.05) is 18.8 Å². The van der Waals surface area contributed by atoms with Gasteiger partial charge >= 0.3 is 0 Å². The SMILES string of the molecule is Cn1cc([C@H](N)c2ncon2)cn1. The first-order valence-corrected chi connectivity index (χ1v) is 3.78. The van der Waals surface area contributed by atoms with E-state index >= 15 is 0 Å². The van der Waals surface area contributed by atoms with Crippen molar-refractivity contribution in [2.24, 2.45) is 12.8 Å². The molecule has 0 saturated heterocycles. The van der Waals surface area contributed by atoms with Crippen molar-refractivity contribution in [1.29, 1.82) is 0 Å². The molecule has 2 N–H and O–H groups in total. The fraction of sp³-hybridized carbons (Fsp3) is 0.286. The summed E-state index contributed by atoms with van der Waals surface area (Å²) < 4.78 is 6.27. The van der Waals surface area contributed by atoms with Crippen LogP contribution >= 0.6 is 0 Å². The first kappa shape index (κ1) is 7.93. The number of aryl methyl sites for hydroxylation is 1. The molecule has 68 valence electrons. The van der Waals surface area contributed by atoms with Gasteiger partial charge in [0.1, 0.15) is 0 Å². The number of nitrogens with zero attached hydrogens (tertiary/aromatic N) is 4. The lowest BCUT2D eigenvalue weighted by molar-refractivity contribution is 0.407. The summed E-state index contributed by atoms with van der Waals surface area (Å²) in [5.74, 6) is 0.466. The van der Waals surface area contributed by atoms with E-state index in [0.29, 0.717) is 5.82 Å². The third-order valence-electron chi connectivity index (χ3n) is 1.74. The second-order valence-corrected chi connectivity index (χ2v) is 2.71. The summed E-state index contributed by atoms with van der Waals surface area (Å²) in [5, 5.41) is 7.65. The van der Waals surface area contributed by atoms with Gasteiger partial charge in [-0.25, -0.2) is 0 Å². The highest BCUT2D eigenvalue weighted by Gasteiger charge is 2.14. The molecule has 0 bridgehead atoms. The van der Waals surface area contributed by atoms with E-state index in [9.17, 15) is 0 Å². The molecule has 0 aliphatic carbocycles. The van der Waals surface area contributed by atoms with Gasteiger partial charge in [0.25, 0.3) is 0 Å². The van der Waals surface area contributed by atoms with Gasteiger partial charge in [-0.3, -0.25) is 4.68 Å². The maximum atomic E-state index is 5.84.